The van der Waals surface area contributed by atoms with E-state index in [1.165, 1.54) is 26.2 Å². The maximum Gasteiger partial charge on any atom is 0.308 e. The van der Waals surface area contributed by atoms with Gasteiger partial charge in [0, 0.05) is 24.6 Å². The van der Waals surface area contributed by atoms with E-state index in [1.54, 1.807) is 12.1 Å². The van der Waals surface area contributed by atoms with Crippen LogP contribution in [0.25, 0.3) is 0 Å². The van der Waals surface area contributed by atoms with E-state index < -0.39 is 0 Å². The molecule has 2 aromatic rings. The zero-order chi connectivity index (χ0) is 18.1. The highest BCUT2D eigenvalue weighted by Crippen LogP contribution is 2.25. The predicted molar refractivity (Wildman–Crippen MR) is 101 cm³/mol. The molecule has 25 heavy (non-hydrogen) atoms. The zero-order valence-corrected chi connectivity index (χ0v) is 15.1. The smallest absolute Gasteiger partial charge is 0.308 e. The summed E-state index contributed by atoms with van der Waals surface area (Å²) in [6.45, 7) is 4.35. The molecule has 0 aliphatic carbocycles. The number of carbonyl (C=O) groups excluding carboxylic acids is 1. The van der Waals surface area contributed by atoms with Crippen LogP contribution >= 0.6 is 0 Å². The van der Waals surface area contributed by atoms with Crippen LogP contribution in [-0.2, 0) is 11.2 Å². The Morgan fingerprint density at radius 3 is 2.48 bits per heavy atom. The number of hydrogen-bond acceptors (Lipinski definition) is 4. The lowest BCUT2D eigenvalue weighted by Gasteiger charge is -2.11. The Kier molecular flexibility index (Phi) is 7.33. The molecule has 2 N–H and O–H groups in total. The maximum absolute atomic E-state index is 11.2. The van der Waals surface area contributed by atoms with Crippen molar-refractivity contribution in [2.45, 2.75) is 46.0 Å². The minimum atomic E-state index is -0.335. The Bertz CT molecular complexity index is 680. The Labute approximate surface area is 150 Å². The van der Waals surface area contributed by atoms with Gasteiger partial charge in [0.15, 0.2) is 0 Å². The molecule has 0 unspecified atom stereocenters. The standard InChI is InChI=1S/C21H27NO3/c1-3-4-5-6-13-24-20-10-7-17(8-11-20)14-18-15-19(22)9-12-21(18)25-16(2)23/h7-12,15H,3-6,13-14,22H2,1-2H3. The molecule has 0 spiro atoms. The van der Waals surface area contributed by atoms with Crippen LogP contribution in [0.2, 0.25) is 0 Å². The van der Waals surface area contributed by atoms with Crippen LogP contribution in [0.1, 0.15) is 50.7 Å². The van der Waals surface area contributed by atoms with E-state index in [4.69, 9.17) is 15.2 Å². The summed E-state index contributed by atoms with van der Waals surface area (Å²) in [7, 11) is 0. The summed E-state index contributed by atoms with van der Waals surface area (Å²) in [6, 6.07) is 13.3. The number of ether oxygens (including phenoxy) is 2. The normalized spacial score (nSPS) is 10.5. The number of esters is 1. The van der Waals surface area contributed by atoms with Crippen LogP contribution in [0.4, 0.5) is 5.69 Å². The molecular weight excluding hydrogens is 314 g/mol. The van der Waals surface area contributed by atoms with Crippen LogP contribution < -0.4 is 15.2 Å². The molecule has 0 heterocycles. The third-order valence-electron chi connectivity index (χ3n) is 3.92. The van der Waals surface area contributed by atoms with Crippen LogP contribution in [0.15, 0.2) is 42.5 Å². The number of rotatable bonds is 9. The summed E-state index contributed by atoms with van der Waals surface area (Å²) in [5.74, 6) is 1.10. The van der Waals surface area contributed by atoms with E-state index in [0.717, 1.165) is 29.9 Å². The van der Waals surface area contributed by atoms with Crippen molar-refractivity contribution in [3.05, 3.63) is 53.6 Å². The van der Waals surface area contributed by atoms with Gasteiger partial charge in [-0.1, -0.05) is 38.3 Å². The zero-order valence-electron chi connectivity index (χ0n) is 15.1. The highest BCUT2D eigenvalue weighted by atomic mass is 16.5. The van der Waals surface area contributed by atoms with Gasteiger partial charge in [-0.05, 0) is 42.3 Å². The summed E-state index contributed by atoms with van der Waals surface area (Å²) in [4.78, 5) is 11.2. The van der Waals surface area contributed by atoms with Gasteiger partial charge in [-0.25, -0.2) is 0 Å². The van der Waals surface area contributed by atoms with Gasteiger partial charge in [0.25, 0.3) is 0 Å². The molecule has 0 aliphatic rings. The molecule has 0 aromatic heterocycles. The van der Waals surface area contributed by atoms with Crippen molar-refractivity contribution >= 4 is 11.7 Å². The molecule has 4 heteroatoms. The number of benzene rings is 2. The molecule has 0 saturated carbocycles. The molecule has 0 aliphatic heterocycles. The summed E-state index contributed by atoms with van der Waals surface area (Å²) in [5.41, 5.74) is 8.52. The number of nitrogens with two attached hydrogens (primary N) is 1. The lowest BCUT2D eigenvalue weighted by molar-refractivity contribution is -0.131. The first-order chi connectivity index (χ1) is 12.1. The van der Waals surface area contributed by atoms with Gasteiger partial charge in [-0.15, -0.1) is 0 Å². The second-order valence-corrected chi connectivity index (χ2v) is 6.19. The molecule has 2 aromatic carbocycles. The largest absolute Gasteiger partial charge is 0.494 e. The Balaban J connectivity index is 1.97. The number of hydrogen-bond donors (Lipinski definition) is 1. The van der Waals surface area contributed by atoms with Crippen molar-refractivity contribution in [3.8, 4) is 11.5 Å². The molecule has 134 valence electrons. The fourth-order valence-electron chi connectivity index (χ4n) is 2.63. The first-order valence-electron chi connectivity index (χ1n) is 8.87. The van der Waals surface area contributed by atoms with Crippen molar-refractivity contribution in [3.63, 3.8) is 0 Å². The maximum atomic E-state index is 11.2. The summed E-state index contributed by atoms with van der Waals surface area (Å²) < 4.78 is 11.0. The third kappa shape index (κ3) is 6.49. The second kappa shape index (κ2) is 9.72. The first kappa shape index (κ1) is 18.8. The van der Waals surface area contributed by atoms with E-state index in [-0.39, 0.29) is 5.97 Å². The van der Waals surface area contributed by atoms with Crippen LogP contribution in [-0.4, -0.2) is 12.6 Å². The van der Waals surface area contributed by atoms with Crippen LogP contribution in [0, 0.1) is 0 Å². The van der Waals surface area contributed by atoms with Gasteiger partial charge in [-0.2, -0.15) is 0 Å². The average molecular weight is 341 g/mol. The Morgan fingerprint density at radius 1 is 1.04 bits per heavy atom. The van der Waals surface area contributed by atoms with Crippen molar-refractivity contribution in [1.82, 2.24) is 0 Å². The SMILES string of the molecule is CCCCCCOc1ccc(Cc2cc(N)ccc2OC(C)=O)cc1. The van der Waals surface area contributed by atoms with Gasteiger partial charge in [-0.3, -0.25) is 4.79 Å². The van der Waals surface area contributed by atoms with Crippen molar-refractivity contribution in [2.24, 2.45) is 0 Å². The van der Waals surface area contributed by atoms with Gasteiger partial charge in [0.05, 0.1) is 6.61 Å². The minimum absolute atomic E-state index is 0.335. The lowest BCUT2D eigenvalue weighted by Crippen LogP contribution is -2.05. The monoisotopic (exact) mass is 341 g/mol. The third-order valence-corrected chi connectivity index (χ3v) is 3.92. The molecule has 0 saturated heterocycles. The molecule has 4 nitrogen and oxygen atoms in total. The first-order valence-corrected chi connectivity index (χ1v) is 8.87. The quantitative estimate of drug-likeness (QED) is 0.310. The van der Waals surface area contributed by atoms with Gasteiger partial charge in [0.1, 0.15) is 11.5 Å². The van der Waals surface area contributed by atoms with Crippen molar-refractivity contribution in [2.75, 3.05) is 12.3 Å². The number of carbonyl (C=O) groups is 1. The van der Waals surface area contributed by atoms with E-state index >= 15 is 0 Å². The topological polar surface area (TPSA) is 61.6 Å². The Hall–Kier alpha value is -2.49. The lowest BCUT2D eigenvalue weighted by atomic mass is 10.0. The van der Waals surface area contributed by atoms with Gasteiger partial charge in [0.2, 0.25) is 0 Å². The fourth-order valence-corrected chi connectivity index (χ4v) is 2.63. The molecule has 0 atom stereocenters. The highest BCUT2D eigenvalue weighted by Gasteiger charge is 2.08. The van der Waals surface area contributed by atoms with E-state index in [2.05, 4.69) is 6.92 Å². The molecule has 0 amide bonds. The fraction of sp³-hybridized carbons (Fsp3) is 0.381. The highest BCUT2D eigenvalue weighted by molar-refractivity contribution is 5.70. The van der Waals surface area contributed by atoms with Crippen molar-refractivity contribution in [1.29, 1.82) is 0 Å². The molecular formula is C21H27NO3. The average Bonchev–Trinajstić information content (AvgIpc) is 2.58. The number of anilines is 1. The molecule has 2 rings (SSSR count). The summed E-state index contributed by atoms with van der Waals surface area (Å²) in [5, 5.41) is 0. The number of nitrogen functional groups attached to an aromatic ring is 1. The second-order valence-electron chi connectivity index (χ2n) is 6.19. The molecule has 0 fully saturated rings. The summed E-state index contributed by atoms with van der Waals surface area (Å²) in [6.07, 6.45) is 5.43. The van der Waals surface area contributed by atoms with E-state index in [9.17, 15) is 4.79 Å². The Morgan fingerprint density at radius 2 is 1.80 bits per heavy atom. The van der Waals surface area contributed by atoms with E-state index in [0.29, 0.717) is 17.9 Å². The van der Waals surface area contributed by atoms with Gasteiger partial charge < -0.3 is 15.2 Å². The number of unbranched alkanes of at least 4 members (excludes halogenated alkanes) is 3. The minimum Gasteiger partial charge on any atom is -0.494 e. The molecule has 0 bridgehead atoms. The van der Waals surface area contributed by atoms with Crippen LogP contribution in [0.5, 0.6) is 11.5 Å². The predicted octanol–water partition coefficient (Wildman–Crippen LogP) is 4.74. The van der Waals surface area contributed by atoms with Crippen molar-refractivity contribution < 1.29 is 14.3 Å². The molecule has 0 radical (unpaired) electrons. The van der Waals surface area contributed by atoms with Crippen LogP contribution in [0.3, 0.4) is 0 Å². The van der Waals surface area contributed by atoms with E-state index in [1.807, 2.05) is 30.3 Å². The van der Waals surface area contributed by atoms with Gasteiger partial charge >= 0.3 is 5.97 Å². The summed E-state index contributed by atoms with van der Waals surface area (Å²) >= 11 is 0.